The minimum absolute atomic E-state index is 0.261. The van der Waals surface area contributed by atoms with E-state index >= 15 is 0 Å². The second kappa shape index (κ2) is 6.80. The summed E-state index contributed by atoms with van der Waals surface area (Å²) in [5, 5.41) is 2.94. The van der Waals surface area contributed by atoms with Crippen molar-refractivity contribution < 1.29 is 17.9 Å². The SMILES string of the molecule is FC(F)(F)Oc1cc(Br)ccc1NCCc1cccnc1. The third-order valence-electron chi connectivity index (χ3n) is 2.62. The van der Waals surface area contributed by atoms with Crippen LogP contribution in [-0.2, 0) is 6.42 Å². The van der Waals surface area contributed by atoms with E-state index in [1.807, 2.05) is 12.1 Å². The fourth-order valence-corrected chi connectivity index (χ4v) is 2.08. The van der Waals surface area contributed by atoms with Crippen molar-refractivity contribution in [3.8, 4) is 5.75 Å². The minimum Gasteiger partial charge on any atom is -0.404 e. The molecule has 1 N–H and O–H groups in total. The zero-order chi connectivity index (χ0) is 15.3. The molecule has 112 valence electrons. The number of hydrogen-bond acceptors (Lipinski definition) is 3. The van der Waals surface area contributed by atoms with Crippen molar-refractivity contribution in [3.63, 3.8) is 0 Å². The third kappa shape index (κ3) is 5.26. The van der Waals surface area contributed by atoms with Gasteiger partial charge < -0.3 is 10.1 Å². The summed E-state index contributed by atoms with van der Waals surface area (Å²) in [4.78, 5) is 3.98. The van der Waals surface area contributed by atoms with Crippen LogP contribution in [0.3, 0.4) is 0 Å². The van der Waals surface area contributed by atoms with Gasteiger partial charge in [0, 0.05) is 23.4 Å². The zero-order valence-corrected chi connectivity index (χ0v) is 12.4. The summed E-state index contributed by atoms with van der Waals surface area (Å²) >= 11 is 3.13. The third-order valence-corrected chi connectivity index (χ3v) is 3.11. The van der Waals surface area contributed by atoms with Gasteiger partial charge in [-0.25, -0.2) is 0 Å². The van der Waals surface area contributed by atoms with Crippen LogP contribution in [0.15, 0.2) is 47.2 Å². The molecule has 0 spiro atoms. The van der Waals surface area contributed by atoms with E-state index in [2.05, 4.69) is 31.0 Å². The molecule has 0 radical (unpaired) electrons. The van der Waals surface area contributed by atoms with Gasteiger partial charge in [0.25, 0.3) is 0 Å². The molecule has 0 saturated heterocycles. The molecule has 0 amide bonds. The first-order valence-electron chi connectivity index (χ1n) is 6.12. The van der Waals surface area contributed by atoms with Gasteiger partial charge >= 0.3 is 6.36 Å². The highest BCUT2D eigenvalue weighted by molar-refractivity contribution is 9.10. The summed E-state index contributed by atoms with van der Waals surface area (Å²) in [6, 6.07) is 8.18. The van der Waals surface area contributed by atoms with Crippen LogP contribution in [-0.4, -0.2) is 17.9 Å². The van der Waals surface area contributed by atoms with Gasteiger partial charge in [-0.2, -0.15) is 0 Å². The number of benzene rings is 1. The van der Waals surface area contributed by atoms with Crippen LogP contribution in [0.25, 0.3) is 0 Å². The van der Waals surface area contributed by atoms with Crippen LogP contribution in [0.1, 0.15) is 5.56 Å². The number of pyridine rings is 1. The monoisotopic (exact) mass is 360 g/mol. The van der Waals surface area contributed by atoms with E-state index in [0.29, 0.717) is 23.1 Å². The molecular weight excluding hydrogens is 349 g/mol. The van der Waals surface area contributed by atoms with E-state index in [-0.39, 0.29) is 5.75 Å². The van der Waals surface area contributed by atoms with E-state index in [1.54, 1.807) is 18.5 Å². The molecule has 1 aromatic heterocycles. The fraction of sp³-hybridized carbons (Fsp3) is 0.214. The van der Waals surface area contributed by atoms with Gasteiger partial charge in [0.15, 0.2) is 5.75 Å². The van der Waals surface area contributed by atoms with Gasteiger partial charge in [-0.3, -0.25) is 4.98 Å². The molecule has 7 heteroatoms. The molecule has 21 heavy (non-hydrogen) atoms. The first-order chi connectivity index (χ1) is 9.94. The predicted octanol–water partition coefficient (Wildman–Crippen LogP) is 4.40. The van der Waals surface area contributed by atoms with E-state index in [4.69, 9.17) is 0 Å². The highest BCUT2D eigenvalue weighted by Gasteiger charge is 2.32. The number of rotatable bonds is 5. The van der Waals surface area contributed by atoms with Crippen LogP contribution in [0.4, 0.5) is 18.9 Å². The lowest BCUT2D eigenvalue weighted by Gasteiger charge is -2.15. The van der Waals surface area contributed by atoms with Gasteiger partial charge in [-0.05, 0) is 36.2 Å². The molecule has 0 atom stereocenters. The molecule has 0 bridgehead atoms. The number of anilines is 1. The second-order valence-electron chi connectivity index (χ2n) is 4.23. The lowest BCUT2D eigenvalue weighted by molar-refractivity contribution is -0.274. The molecule has 0 aliphatic rings. The highest BCUT2D eigenvalue weighted by Crippen LogP contribution is 2.32. The number of hydrogen-bond donors (Lipinski definition) is 1. The lowest BCUT2D eigenvalue weighted by atomic mass is 10.2. The Morgan fingerprint density at radius 3 is 2.71 bits per heavy atom. The van der Waals surface area contributed by atoms with Crippen LogP contribution in [0.2, 0.25) is 0 Å². The standard InChI is InChI=1S/C14H12BrF3N2O/c15-11-3-4-12(13(8-11)21-14(16,17)18)20-7-5-10-2-1-6-19-9-10/h1-4,6,8-9,20H,5,7H2. The molecule has 0 aliphatic carbocycles. The molecule has 0 aliphatic heterocycles. The Bertz CT molecular complexity index is 591. The summed E-state index contributed by atoms with van der Waals surface area (Å²) in [6.07, 6.45) is -0.687. The number of aromatic nitrogens is 1. The van der Waals surface area contributed by atoms with Gasteiger partial charge in [-0.15, -0.1) is 13.2 Å². The number of nitrogens with zero attached hydrogens (tertiary/aromatic N) is 1. The molecule has 1 heterocycles. The Kier molecular flexibility index (Phi) is 5.06. The van der Waals surface area contributed by atoms with Crippen LogP contribution < -0.4 is 10.1 Å². The smallest absolute Gasteiger partial charge is 0.404 e. The molecule has 0 saturated carbocycles. The molecule has 0 unspecified atom stereocenters. The van der Waals surface area contributed by atoms with Crippen LogP contribution in [0.5, 0.6) is 5.75 Å². The Labute approximate surface area is 128 Å². The quantitative estimate of drug-likeness (QED) is 0.858. The summed E-state index contributed by atoms with van der Waals surface area (Å²) in [7, 11) is 0. The Morgan fingerprint density at radius 2 is 2.05 bits per heavy atom. The number of alkyl halides is 3. The first kappa shape index (κ1) is 15.6. The average molecular weight is 361 g/mol. The zero-order valence-electron chi connectivity index (χ0n) is 10.8. The Balaban J connectivity index is 2.02. The van der Waals surface area contributed by atoms with E-state index in [0.717, 1.165) is 5.56 Å². The van der Waals surface area contributed by atoms with Gasteiger partial charge in [0.2, 0.25) is 0 Å². The van der Waals surface area contributed by atoms with Crippen molar-refractivity contribution >= 4 is 21.6 Å². The van der Waals surface area contributed by atoms with Crippen molar-refractivity contribution in [1.29, 1.82) is 0 Å². The Morgan fingerprint density at radius 1 is 1.24 bits per heavy atom. The summed E-state index contributed by atoms with van der Waals surface area (Å²) in [5.41, 5.74) is 1.29. The molecule has 2 rings (SSSR count). The predicted molar refractivity (Wildman–Crippen MR) is 77.3 cm³/mol. The van der Waals surface area contributed by atoms with Crippen LogP contribution in [0, 0.1) is 0 Å². The van der Waals surface area contributed by atoms with Crippen molar-refractivity contribution in [2.45, 2.75) is 12.8 Å². The maximum Gasteiger partial charge on any atom is 0.573 e. The maximum atomic E-state index is 12.4. The fourth-order valence-electron chi connectivity index (χ4n) is 1.74. The summed E-state index contributed by atoms with van der Waals surface area (Å²) in [6.45, 7) is 0.474. The molecule has 0 fully saturated rings. The van der Waals surface area contributed by atoms with Crippen molar-refractivity contribution in [2.24, 2.45) is 0 Å². The minimum atomic E-state index is -4.72. The van der Waals surface area contributed by atoms with Gasteiger partial charge in [0.05, 0.1) is 5.69 Å². The molecule has 3 nitrogen and oxygen atoms in total. The number of halogens is 4. The highest BCUT2D eigenvalue weighted by atomic mass is 79.9. The maximum absolute atomic E-state index is 12.4. The van der Waals surface area contributed by atoms with Crippen molar-refractivity contribution in [2.75, 3.05) is 11.9 Å². The first-order valence-corrected chi connectivity index (χ1v) is 6.91. The topological polar surface area (TPSA) is 34.1 Å². The van der Waals surface area contributed by atoms with Crippen molar-refractivity contribution in [3.05, 3.63) is 52.8 Å². The number of nitrogens with one attached hydrogen (secondary N) is 1. The number of ether oxygens (including phenoxy) is 1. The van der Waals surface area contributed by atoms with Gasteiger partial charge in [-0.1, -0.05) is 22.0 Å². The largest absolute Gasteiger partial charge is 0.573 e. The van der Waals surface area contributed by atoms with Gasteiger partial charge in [0.1, 0.15) is 0 Å². The lowest BCUT2D eigenvalue weighted by Crippen LogP contribution is -2.18. The average Bonchev–Trinajstić information content (AvgIpc) is 2.41. The molecule has 1 aromatic carbocycles. The van der Waals surface area contributed by atoms with E-state index in [1.165, 1.54) is 12.1 Å². The normalized spacial score (nSPS) is 11.2. The second-order valence-corrected chi connectivity index (χ2v) is 5.14. The summed E-state index contributed by atoms with van der Waals surface area (Å²) < 4.78 is 41.6. The molecule has 2 aromatic rings. The molecular formula is C14H12BrF3N2O. The van der Waals surface area contributed by atoms with E-state index < -0.39 is 6.36 Å². The Hall–Kier alpha value is -1.76. The van der Waals surface area contributed by atoms with Crippen molar-refractivity contribution in [1.82, 2.24) is 4.98 Å². The van der Waals surface area contributed by atoms with Crippen LogP contribution >= 0.6 is 15.9 Å². The van der Waals surface area contributed by atoms with E-state index in [9.17, 15) is 13.2 Å². The summed E-state index contributed by atoms with van der Waals surface area (Å²) in [5.74, 6) is -0.261.